The summed E-state index contributed by atoms with van der Waals surface area (Å²) in [5.74, 6) is -5.73. The number of carbonyl (C=O) groups is 5. The van der Waals surface area contributed by atoms with Crippen molar-refractivity contribution in [1.82, 2.24) is 16.0 Å². The van der Waals surface area contributed by atoms with Crippen molar-refractivity contribution in [3.05, 3.63) is 59.7 Å². The van der Waals surface area contributed by atoms with E-state index in [4.69, 9.17) is 10.8 Å². The lowest BCUT2D eigenvalue weighted by atomic mass is 10.0. The molecule has 2 rings (SSSR count). The second-order valence-corrected chi connectivity index (χ2v) is 9.01. The van der Waals surface area contributed by atoms with E-state index >= 15 is 0 Å². The van der Waals surface area contributed by atoms with Gasteiger partial charge in [-0.25, -0.2) is 4.79 Å². The quantitative estimate of drug-likeness (QED) is 0.130. The highest BCUT2D eigenvalue weighted by atomic mass is 32.1. The van der Waals surface area contributed by atoms with Crippen molar-refractivity contribution in [3.63, 3.8) is 0 Å². The number of hydrogen-bond acceptors (Lipinski definition) is 9. The van der Waals surface area contributed by atoms with Gasteiger partial charge in [0.05, 0.1) is 12.5 Å². The van der Waals surface area contributed by atoms with Crippen molar-refractivity contribution in [2.75, 3.05) is 5.75 Å². The van der Waals surface area contributed by atoms with Crippen LogP contribution in [-0.2, 0) is 36.8 Å². The van der Waals surface area contributed by atoms with Crippen LogP contribution in [0, 0.1) is 0 Å². The number of benzene rings is 2. The van der Waals surface area contributed by atoms with Gasteiger partial charge >= 0.3 is 11.9 Å². The van der Waals surface area contributed by atoms with Gasteiger partial charge in [-0.1, -0.05) is 24.3 Å². The molecular formula is C25H30N4O9S. The van der Waals surface area contributed by atoms with E-state index in [9.17, 15) is 39.3 Å². The molecule has 0 spiro atoms. The Hall–Kier alpha value is -4.30. The number of carboxylic acids is 2. The second kappa shape index (κ2) is 14.6. The molecule has 210 valence electrons. The van der Waals surface area contributed by atoms with Gasteiger partial charge in [0, 0.05) is 12.2 Å². The molecule has 3 amide bonds. The summed E-state index contributed by atoms with van der Waals surface area (Å²) in [5, 5.41) is 44.0. The molecule has 0 aliphatic heterocycles. The fraction of sp³-hybridized carbons (Fsp3) is 0.320. The van der Waals surface area contributed by atoms with Crippen LogP contribution in [0.5, 0.6) is 11.5 Å². The normalized spacial score (nSPS) is 13.8. The smallest absolute Gasteiger partial charge is 0.326 e. The molecule has 14 heteroatoms. The largest absolute Gasteiger partial charge is 0.508 e. The lowest BCUT2D eigenvalue weighted by Crippen LogP contribution is -2.58. The highest BCUT2D eigenvalue weighted by Crippen LogP contribution is 2.13. The molecule has 0 saturated carbocycles. The van der Waals surface area contributed by atoms with Crippen LogP contribution >= 0.6 is 12.6 Å². The number of nitrogens with two attached hydrogens (primary N) is 1. The van der Waals surface area contributed by atoms with Crippen molar-refractivity contribution in [2.45, 2.75) is 43.4 Å². The molecule has 0 bridgehead atoms. The van der Waals surface area contributed by atoms with E-state index in [1.165, 1.54) is 36.4 Å². The van der Waals surface area contributed by atoms with E-state index in [0.29, 0.717) is 11.1 Å². The minimum atomic E-state index is -1.74. The third-order valence-electron chi connectivity index (χ3n) is 5.55. The summed E-state index contributed by atoms with van der Waals surface area (Å²) in [4.78, 5) is 60.8. The van der Waals surface area contributed by atoms with Crippen molar-refractivity contribution >= 4 is 42.3 Å². The highest BCUT2D eigenvalue weighted by molar-refractivity contribution is 7.80. The van der Waals surface area contributed by atoms with Crippen molar-refractivity contribution < 1.29 is 44.4 Å². The first-order valence-corrected chi connectivity index (χ1v) is 12.3. The molecule has 0 radical (unpaired) electrons. The molecule has 13 nitrogen and oxygen atoms in total. The summed E-state index contributed by atoms with van der Waals surface area (Å²) in [6.45, 7) is 0. The molecule has 4 unspecified atom stereocenters. The SMILES string of the molecule is NC(Cc1ccc(O)cc1)C(=O)NC(Cc1ccc(O)cc1)C(=O)NC(CS)C(=O)NC(CC(=O)O)C(=O)O. The molecule has 2 aromatic carbocycles. The van der Waals surface area contributed by atoms with Crippen molar-refractivity contribution in [2.24, 2.45) is 5.73 Å². The average molecular weight is 563 g/mol. The van der Waals surface area contributed by atoms with Crippen molar-refractivity contribution in [3.8, 4) is 11.5 Å². The molecule has 0 aromatic heterocycles. The third-order valence-corrected chi connectivity index (χ3v) is 5.91. The number of rotatable bonds is 14. The maximum atomic E-state index is 13.2. The first kappa shape index (κ1) is 30.9. The standard InChI is InChI=1S/C25H30N4O9S/c26-17(9-13-1-5-15(30)6-2-13)22(34)27-18(10-14-3-7-16(31)8-4-14)23(35)29-20(12-39)24(36)28-19(25(37)38)11-21(32)33/h1-8,17-20,30-31,39H,9-12,26H2,(H,27,34)(H,28,36)(H,29,35)(H,32,33)(H,37,38). The van der Waals surface area contributed by atoms with Gasteiger partial charge in [0.25, 0.3) is 0 Å². The predicted molar refractivity (Wildman–Crippen MR) is 141 cm³/mol. The lowest BCUT2D eigenvalue weighted by Gasteiger charge is -2.24. The third kappa shape index (κ3) is 10.2. The second-order valence-electron chi connectivity index (χ2n) is 8.65. The Morgan fingerprint density at radius 2 is 1.13 bits per heavy atom. The Bertz CT molecular complexity index is 1180. The fourth-order valence-corrected chi connectivity index (χ4v) is 3.70. The Morgan fingerprint density at radius 3 is 1.59 bits per heavy atom. The highest BCUT2D eigenvalue weighted by Gasteiger charge is 2.30. The number of nitrogens with one attached hydrogen (secondary N) is 3. The first-order valence-electron chi connectivity index (χ1n) is 11.7. The van der Waals surface area contributed by atoms with E-state index in [-0.39, 0.29) is 30.1 Å². The van der Waals surface area contributed by atoms with Gasteiger partial charge in [-0.3, -0.25) is 19.2 Å². The fourth-order valence-electron chi connectivity index (χ4n) is 3.45. The van der Waals surface area contributed by atoms with Gasteiger partial charge in [0.2, 0.25) is 17.7 Å². The molecule has 4 atom stereocenters. The molecule has 0 fully saturated rings. The van der Waals surface area contributed by atoms with Crippen LogP contribution < -0.4 is 21.7 Å². The first-order chi connectivity index (χ1) is 18.4. The summed E-state index contributed by atoms with van der Waals surface area (Å²) in [6.07, 6.45) is -0.838. The predicted octanol–water partition coefficient (Wildman–Crippen LogP) is -0.846. The summed E-state index contributed by atoms with van der Waals surface area (Å²) in [6, 6.07) is 6.50. The number of amides is 3. The van der Waals surface area contributed by atoms with Crippen LogP contribution in [0.4, 0.5) is 0 Å². The number of aliphatic carboxylic acids is 2. The van der Waals surface area contributed by atoms with Crippen LogP contribution in [0.2, 0.25) is 0 Å². The zero-order valence-corrected chi connectivity index (χ0v) is 21.5. The molecule has 0 heterocycles. The molecule has 9 N–H and O–H groups in total. The Kier molecular flexibility index (Phi) is 11.6. The maximum Gasteiger partial charge on any atom is 0.326 e. The molecular weight excluding hydrogens is 532 g/mol. The topological polar surface area (TPSA) is 228 Å². The van der Waals surface area contributed by atoms with E-state index in [1.807, 2.05) is 0 Å². The molecule has 39 heavy (non-hydrogen) atoms. The lowest BCUT2D eigenvalue weighted by molar-refractivity contribution is -0.147. The van der Waals surface area contributed by atoms with E-state index in [1.54, 1.807) is 12.1 Å². The summed E-state index contributed by atoms with van der Waals surface area (Å²) in [5.41, 5.74) is 7.25. The number of carboxylic acid groups (broad SMARTS) is 2. The number of aromatic hydroxyl groups is 2. The van der Waals surface area contributed by atoms with Crippen LogP contribution in [0.25, 0.3) is 0 Å². The molecule has 2 aromatic rings. The minimum Gasteiger partial charge on any atom is -0.508 e. The van der Waals surface area contributed by atoms with Crippen LogP contribution in [-0.4, -0.2) is 80.0 Å². The summed E-state index contributed by atoms with van der Waals surface area (Å²) in [7, 11) is 0. The minimum absolute atomic E-state index is 0.0131. The number of carbonyl (C=O) groups excluding carboxylic acids is 3. The summed E-state index contributed by atoms with van der Waals surface area (Å²) >= 11 is 4.03. The zero-order chi connectivity index (χ0) is 29.1. The number of hydrogen-bond donors (Lipinski definition) is 9. The van der Waals surface area contributed by atoms with Gasteiger partial charge in [-0.2, -0.15) is 12.6 Å². The van der Waals surface area contributed by atoms with Crippen LogP contribution in [0.1, 0.15) is 17.5 Å². The van der Waals surface area contributed by atoms with E-state index < -0.39 is 60.2 Å². The van der Waals surface area contributed by atoms with E-state index in [0.717, 1.165) is 0 Å². The Balaban J connectivity index is 2.17. The maximum absolute atomic E-state index is 13.2. The van der Waals surface area contributed by atoms with Gasteiger partial charge in [0.1, 0.15) is 29.6 Å². The Labute approximate surface area is 228 Å². The molecule has 0 aliphatic rings. The van der Waals surface area contributed by atoms with Crippen molar-refractivity contribution in [1.29, 1.82) is 0 Å². The van der Waals surface area contributed by atoms with Gasteiger partial charge in [-0.05, 0) is 41.8 Å². The van der Waals surface area contributed by atoms with Gasteiger partial charge in [0.15, 0.2) is 0 Å². The van der Waals surface area contributed by atoms with Gasteiger partial charge in [-0.15, -0.1) is 0 Å². The zero-order valence-electron chi connectivity index (χ0n) is 20.6. The molecule has 0 saturated heterocycles. The average Bonchev–Trinajstić information content (AvgIpc) is 2.88. The Morgan fingerprint density at radius 1 is 0.692 bits per heavy atom. The number of phenolic OH excluding ortho intramolecular Hbond substituents is 2. The van der Waals surface area contributed by atoms with Crippen LogP contribution in [0.3, 0.4) is 0 Å². The van der Waals surface area contributed by atoms with Crippen LogP contribution in [0.15, 0.2) is 48.5 Å². The number of phenols is 2. The summed E-state index contributed by atoms with van der Waals surface area (Å²) < 4.78 is 0. The monoisotopic (exact) mass is 562 g/mol. The van der Waals surface area contributed by atoms with E-state index in [2.05, 4.69) is 28.6 Å². The number of thiol groups is 1. The van der Waals surface area contributed by atoms with Gasteiger partial charge < -0.3 is 42.1 Å². The molecule has 0 aliphatic carbocycles.